The standard InChI is InChI=1S/C26H31F2N3O5S/c1-25(2,3)36-24(33)31-21-9-7-6-8-17(21)12-23(31)20-13-19(37(34,35)29(4)5)10-11-22(20)30-14-18(15-32)26(27,28)16-30/h6-13,18,32H,14-16H2,1-5H3. The van der Waals surface area contributed by atoms with Crippen LogP contribution in [0.15, 0.2) is 53.4 Å². The predicted octanol–water partition coefficient (Wildman–Crippen LogP) is 4.41. The Balaban J connectivity index is 2.00. The third-order valence-corrected chi connectivity index (χ3v) is 8.12. The van der Waals surface area contributed by atoms with E-state index in [9.17, 15) is 27.1 Å². The molecule has 1 saturated heterocycles. The van der Waals surface area contributed by atoms with E-state index in [1.807, 2.05) is 0 Å². The summed E-state index contributed by atoms with van der Waals surface area (Å²) in [6.07, 6.45) is -0.685. The fourth-order valence-electron chi connectivity index (χ4n) is 4.45. The summed E-state index contributed by atoms with van der Waals surface area (Å²) in [6.45, 7) is 3.71. The van der Waals surface area contributed by atoms with Crippen molar-refractivity contribution in [3.8, 4) is 11.3 Å². The molecular formula is C26H31F2N3O5S. The van der Waals surface area contributed by atoms with Crippen molar-refractivity contribution in [2.24, 2.45) is 5.92 Å². The molecule has 3 aromatic rings. The molecule has 0 spiro atoms. The molecule has 200 valence electrons. The zero-order valence-electron chi connectivity index (χ0n) is 21.4. The summed E-state index contributed by atoms with van der Waals surface area (Å²) in [5, 5.41) is 10.2. The predicted molar refractivity (Wildman–Crippen MR) is 138 cm³/mol. The van der Waals surface area contributed by atoms with E-state index < -0.39 is 46.7 Å². The summed E-state index contributed by atoms with van der Waals surface area (Å²) in [4.78, 5) is 14.8. The number of sulfonamides is 1. The average molecular weight is 536 g/mol. The Morgan fingerprint density at radius 3 is 2.43 bits per heavy atom. The molecule has 1 N–H and O–H groups in total. The highest BCUT2D eigenvalue weighted by molar-refractivity contribution is 7.89. The summed E-state index contributed by atoms with van der Waals surface area (Å²) in [5.41, 5.74) is 0.611. The van der Waals surface area contributed by atoms with E-state index in [0.29, 0.717) is 22.3 Å². The molecule has 1 aliphatic heterocycles. The third-order valence-electron chi connectivity index (χ3n) is 6.31. The fourth-order valence-corrected chi connectivity index (χ4v) is 5.38. The molecule has 0 saturated carbocycles. The Hall–Kier alpha value is -3.02. The van der Waals surface area contributed by atoms with Crippen LogP contribution in [0.2, 0.25) is 0 Å². The Labute approximate surface area is 215 Å². The minimum atomic E-state index is -3.88. The molecule has 8 nitrogen and oxygen atoms in total. The van der Waals surface area contributed by atoms with E-state index in [4.69, 9.17) is 4.74 Å². The number of nitrogens with zero attached hydrogens (tertiary/aromatic N) is 3. The number of carbonyl (C=O) groups excluding carboxylic acids is 1. The van der Waals surface area contributed by atoms with E-state index in [1.165, 1.54) is 41.8 Å². The van der Waals surface area contributed by atoms with E-state index in [0.717, 1.165) is 4.31 Å². The molecule has 0 radical (unpaired) electrons. The molecule has 0 amide bonds. The number of halogens is 2. The third kappa shape index (κ3) is 5.07. The normalized spacial score (nSPS) is 18.1. The van der Waals surface area contributed by atoms with E-state index in [2.05, 4.69) is 0 Å². The average Bonchev–Trinajstić information content (AvgIpc) is 3.34. The van der Waals surface area contributed by atoms with Crippen molar-refractivity contribution < 1.29 is 31.8 Å². The van der Waals surface area contributed by atoms with Crippen molar-refractivity contribution >= 4 is 32.7 Å². The molecule has 0 bridgehead atoms. The highest BCUT2D eigenvalue weighted by Gasteiger charge is 2.48. The van der Waals surface area contributed by atoms with Crippen LogP contribution in [0.1, 0.15) is 20.8 Å². The number of fused-ring (bicyclic) bond motifs is 1. The van der Waals surface area contributed by atoms with E-state index >= 15 is 0 Å². The van der Waals surface area contributed by atoms with Crippen molar-refractivity contribution in [3.63, 3.8) is 0 Å². The zero-order valence-corrected chi connectivity index (χ0v) is 22.2. The van der Waals surface area contributed by atoms with Gasteiger partial charge in [-0.1, -0.05) is 18.2 Å². The maximum Gasteiger partial charge on any atom is 0.419 e. The van der Waals surface area contributed by atoms with Gasteiger partial charge in [-0.15, -0.1) is 0 Å². The molecule has 1 aliphatic rings. The second kappa shape index (κ2) is 9.38. The van der Waals surface area contributed by atoms with Crippen molar-refractivity contribution in [3.05, 3.63) is 48.5 Å². The van der Waals surface area contributed by atoms with Crippen LogP contribution in [0.4, 0.5) is 19.3 Å². The first kappa shape index (κ1) is 27.0. The minimum Gasteiger partial charge on any atom is -0.443 e. The molecule has 2 aromatic carbocycles. The lowest BCUT2D eigenvalue weighted by Gasteiger charge is -2.25. The van der Waals surface area contributed by atoms with Crippen LogP contribution in [0.25, 0.3) is 22.2 Å². The molecule has 1 atom stereocenters. The number of aromatic nitrogens is 1. The van der Waals surface area contributed by atoms with Gasteiger partial charge in [0, 0.05) is 37.3 Å². The van der Waals surface area contributed by atoms with Crippen LogP contribution < -0.4 is 4.90 Å². The lowest BCUT2D eigenvalue weighted by Crippen LogP contribution is -2.29. The van der Waals surface area contributed by atoms with Gasteiger partial charge in [0.05, 0.1) is 35.2 Å². The summed E-state index contributed by atoms with van der Waals surface area (Å²) in [5.74, 6) is -4.42. The highest BCUT2D eigenvalue weighted by atomic mass is 32.2. The second-order valence-corrected chi connectivity index (χ2v) is 12.5. The van der Waals surface area contributed by atoms with Crippen molar-refractivity contribution in [1.29, 1.82) is 0 Å². The first-order valence-corrected chi connectivity index (χ1v) is 13.2. The van der Waals surface area contributed by atoms with Gasteiger partial charge in [0.25, 0.3) is 5.92 Å². The number of para-hydroxylation sites is 1. The molecule has 4 rings (SSSR count). The Bertz CT molecular complexity index is 1440. The van der Waals surface area contributed by atoms with Gasteiger partial charge in [0.15, 0.2) is 0 Å². The zero-order chi connectivity index (χ0) is 27.3. The van der Waals surface area contributed by atoms with Crippen molar-refractivity contribution in [1.82, 2.24) is 8.87 Å². The van der Waals surface area contributed by atoms with Gasteiger partial charge in [-0.25, -0.2) is 30.9 Å². The molecule has 1 fully saturated rings. The number of carbonyl (C=O) groups is 1. The summed E-state index contributed by atoms with van der Waals surface area (Å²) in [7, 11) is -1.08. The summed E-state index contributed by atoms with van der Waals surface area (Å²) >= 11 is 0. The minimum absolute atomic E-state index is 0.0538. The number of ether oxygens (including phenoxy) is 1. The Morgan fingerprint density at radius 2 is 1.84 bits per heavy atom. The van der Waals surface area contributed by atoms with Crippen LogP contribution in [0.3, 0.4) is 0 Å². The van der Waals surface area contributed by atoms with Crippen LogP contribution in [-0.2, 0) is 14.8 Å². The van der Waals surface area contributed by atoms with Gasteiger partial charge in [0.2, 0.25) is 10.0 Å². The van der Waals surface area contributed by atoms with Crippen LogP contribution in [0.5, 0.6) is 0 Å². The molecule has 0 aliphatic carbocycles. The molecule has 1 aromatic heterocycles. The van der Waals surface area contributed by atoms with Gasteiger partial charge >= 0.3 is 6.09 Å². The number of aliphatic hydroxyl groups excluding tert-OH is 1. The van der Waals surface area contributed by atoms with Gasteiger partial charge < -0.3 is 14.7 Å². The van der Waals surface area contributed by atoms with Crippen molar-refractivity contribution in [2.75, 3.05) is 38.7 Å². The van der Waals surface area contributed by atoms with Crippen LogP contribution >= 0.6 is 0 Å². The molecular weight excluding hydrogens is 504 g/mol. The van der Waals surface area contributed by atoms with Crippen LogP contribution in [-0.4, -0.2) is 73.8 Å². The molecule has 11 heteroatoms. The lowest BCUT2D eigenvalue weighted by atomic mass is 10.1. The topological polar surface area (TPSA) is 92.1 Å². The number of anilines is 1. The van der Waals surface area contributed by atoms with Gasteiger partial charge in [0.1, 0.15) is 5.60 Å². The Morgan fingerprint density at radius 1 is 1.16 bits per heavy atom. The first-order valence-electron chi connectivity index (χ1n) is 11.8. The van der Waals surface area contributed by atoms with Crippen molar-refractivity contribution in [2.45, 2.75) is 37.2 Å². The number of hydrogen-bond donors (Lipinski definition) is 1. The van der Waals surface area contributed by atoms with Gasteiger partial charge in [-0.3, -0.25) is 0 Å². The van der Waals surface area contributed by atoms with Gasteiger partial charge in [-0.05, 0) is 51.1 Å². The van der Waals surface area contributed by atoms with E-state index in [-0.39, 0.29) is 17.0 Å². The monoisotopic (exact) mass is 535 g/mol. The van der Waals surface area contributed by atoms with E-state index in [1.54, 1.807) is 51.1 Å². The largest absolute Gasteiger partial charge is 0.443 e. The van der Waals surface area contributed by atoms with Crippen LogP contribution in [0, 0.1) is 5.92 Å². The molecule has 2 heterocycles. The number of hydrogen-bond acceptors (Lipinski definition) is 6. The highest BCUT2D eigenvalue weighted by Crippen LogP contribution is 2.42. The summed E-state index contributed by atoms with van der Waals surface area (Å²) in [6, 6.07) is 13.0. The number of alkyl halides is 2. The number of rotatable bonds is 5. The Kier molecular flexibility index (Phi) is 6.85. The second-order valence-electron chi connectivity index (χ2n) is 10.4. The SMILES string of the molecule is CN(C)S(=O)(=O)c1ccc(N2CC(CO)C(F)(F)C2)c(-c2cc3ccccc3n2C(=O)OC(C)(C)C)c1. The molecule has 37 heavy (non-hydrogen) atoms. The smallest absolute Gasteiger partial charge is 0.419 e. The fraction of sp³-hybridized carbons (Fsp3) is 0.423. The maximum atomic E-state index is 14.6. The van der Waals surface area contributed by atoms with Gasteiger partial charge in [-0.2, -0.15) is 0 Å². The lowest BCUT2D eigenvalue weighted by molar-refractivity contribution is -0.0391. The number of benzene rings is 2. The number of aliphatic hydroxyl groups is 1. The maximum absolute atomic E-state index is 14.6. The quantitative estimate of drug-likeness (QED) is 0.521. The summed E-state index contributed by atoms with van der Waals surface area (Å²) < 4.78 is 63.3. The first-order chi connectivity index (χ1) is 17.2. The molecule has 1 unspecified atom stereocenters.